The number of aryl methyl sites for hydroxylation is 2. The van der Waals surface area contributed by atoms with Crippen LogP contribution in [0.4, 0.5) is 11.4 Å². The summed E-state index contributed by atoms with van der Waals surface area (Å²) < 4.78 is 0.824. The van der Waals surface area contributed by atoms with Gasteiger partial charge >= 0.3 is 0 Å². The Morgan fingerprint density at radius 1 is 0.912 bits per heavy atom. The molecule has 0 radical (unpaired) electrons. The lowest BCUT2D eigenvalue weighted by molar-refractivity contribution is 0.103. The molecule has 2 heterocycles. The number of aromatic nitrogens is 1. The molecule has 2 aromatic heterocycles. The molecule has 0 saturated carbocycles. The molecule has 5 aromatic rings. The molecule has 0 aliphatic heterocycles. The fraction of sp³-hybridized carbons (Fsp3) is 0.0714. The minimum atomic E-state index is -0.249. The Bertz CT molecular complexity index is 1530. The highest BCUT2D eigenvalue weighted by molar-refractivity contribution is 9.10. The number of nitrogen functional groups attached to an aromatic ring is 1. The van der Waals surface area contributed by atoms with Crippen LogP contribution < -0.4 is 11.1 Å². The number of hydrogen-bond acceptors (Lipinski definition) is 4. The van der Waals surface area contributed by atoms with Crippen molar-refractivity contribution in [3.05, 3.63) is 99.3 Å². The van der Waals surface area contributed by atoms with Gasteiger partial charge in [-0.25, -0.2) is 4.98 Å². The van der Waals surface area contributed by atoms with Gasteiger partial charge in [0.05, 0.1) is 17.1 Å². The van der Waals surface area contributed by atoms with E-state index < -0.39 is 0 Å². The Morgan fingerprint density at radius 3 is 2.32 bits per heavy atom. The first-order valence-electron chi connectivity index (χ1n) is 10.8. The monoisotopic (exact) mass is 527 g/mol. The summed E-state index contributed by atoms with van der Waals surface area (Å²) in [6.45, 7) is 4.07. The molecule has 34 heavy (non-hydrogen) atoms. The summed E-state index contributed by atoms with van der Waals surface area (Å²) in [7, 11) is 0. The average molecular weight is 528 g/mol. The zero-order chi connectivity index (χ0) is 23.8. The number of carbonyl (C=O) groups excluding carboxylic acids is 1. The zero-order valence-electron chi connectivity index (χ0n) is 18.7. The molecule has 0 saturated heterocycles. The summed E-state index contributed by atoms with van der Waals surface area (Å²) in [5, 5.41) is 3.79. The summed E-state index contributed by atoms with van der Waals surface area (Å²) in [5.74, 6) is -0.249. The molecule has 0 aliphatic carbocycles. The van der Waals surface area contributed by atoms with E-state index in [1.54, 1.807) is 0 Å². The molecule has 0 atom stereocenters. The first-order valence-corrected chi connectivity index (χ1v) is 12.4. The number of hydrogen-bond donors (Lipinski definition) is 2. The van der Waals surface area contributed by atoms with Gasteiger partial charge in [-0.05, 0) is 64.7 Å². The highest BCUT2D eigenvalue weighted by Gasteiger charge is 2.22. The van der Waals surface area contributed by atoms with Crippen LogP contribution >= 0.6 is 27.3 Å². The highest BCUT2D eigenvalue weighted by atomic mass is 79.9. The van der Waals surface area contributed by atoms with Gasteiger partial charge in [0, 0.05) is 15.4 Å². The van der Waals surface area contributed by atoms with E-state index >= 15 is 0 Å². The number of nitrogens with one attached hydrogen (secondary N) is 1. The first-order chi connectivity index (χ1) is 16.4. The Morgan fingerprint density at radius 2 is 1.62 bits per heavy atom. The molecule has 0 bridgehead atoms. The fourth-order valence-corrected chi connectivity index (χ4v) is 5.52. The summed E-state index contributed by atoms with van der Waals surface area (Å²) in [6.07, 6.45) is 0. The topological polar surface area (TPSA) is 68.0 Å². The Balaban J connectivity index is 1.66. The van der Waals surface area contributed by atoms with Gasteiger partial charge in [-0.1, -0.05) is 66.2 Å². The maximum atomic E-state index is 13.3. The van der Waals surface area contributed by atoms with Gasteiger partial charge in [0.2, 0.25) is 0 Å². The van der Waals surface area contributed by atoms with Gasteiger partial charge in [-0.15, -0.1) is 11.3 Å². The van der Waals surface area contributed by atoms with Crippen LogP contribution in [0.15, 0.2) is 83.3 Å². The Labute approximate surface area is 210 Å². The van der Waals surface area contributed by atoms with E-state index in [-0.39, 0.29) is 5.91 Å². The number of nitrogens with zero attached hydrogens (tertiary/aromatic N) is 1. The van der Waals surface area contributed by atoms with Crippen LogP contribution in [0.3, 0.4) is 0 Å². The minimum absolute atomic E-state index is 0.249. The number of carbonyl (C=O) groups is 1. The van der Waals surface area contributed by atoms with Gasteiger partial charge in [-0.3, -0.25) is 4.79 Å². The van der Waals surface area contributed by atoms with Crippen LogP contribution in [0.25, 0.3) is 32.6 Å². The third kappa shape index (κ3) is 4.22. The van der Waals surface area contributed by atoms with E-state index in [9.17, 15) is 4.79 Å². The number of fused-ring (bicyclic) bond motifs is 1. The summed E-state index contributed by atoms with van der Waals surface area (Å²) in [6, 6.07) is 26.2. The van der Waals surface area contributed by atoms with Crippen molar-refractivity contribution in [2.75, 3.05) is 11.1 Å². The Hall–Kier alpha value is -3.48. The van der Waals surface area contributed by atoms with Gasteiger partial charge < -0.3 is 11.1 Å². The molecule has 168 valence electrons. The largest absolute Gasteiger partial charge is 0.397 e. The number of amides is 1. The lowest BCUT2D eigenvalue weighted by Crippen LogP contribution is -2.12. The highest BCUT2D eigenvalue weighted by Crippen LogP contribution is 2.41. The molecule has 6 heteroatoms. The van der Waals surface area contributed by atoms with E-state index in [2.05, 4.69) is 58.5 Å². The number of nitrogens with two attached hydrogens (primary N) is 1. The number of pyridine rings is 1. The van der Waals surface area contributed by atoms with E-state index in [4.69, 9.17) is 10.7 Å². The van der Waals surface area contributed by atoms with Crippen molar-refractivity contribution >= 4 is 54.8 Å². The Kier molecular flexibility index (Phi) is 5.94. The van der Waals surface area contributed by atoms with Crippen molar-refractivity contribution in [1.82, 2.24) is 4.98 Å². The zero-order valence-corrected chi connectivity index (χ0v) is 21.1. The fourth-order valence-electron chi connectivity index (χ4n) is 3.91. The van der Waals surface area contributed by atoms with E-state index in [1.165, 1.54) is 16.9 Å². The third-order valence-electron chi connectivity index (χ3n) is 5.71. The van der Waals surface area contributed by atoms with Crippen molar-refractivity contribution < 1.29 is 4.79 Å². The molecule has 3 N–H and O–H groups in total. The van der Waals surface area contributed by atoms with Crippen molar-refractivity contribution in [2.45, 2.75) is 13.8 Å². The summed E-state index contributed by atoms with van der Waals surface area (Å²) in [4.78, 5) is 19.4. The number of halogens is 1. The SMILES string of the molecule is Cc1ccc(-c2cc(-c3ccccc3)c3c(N)c(C(=O)Nc4ccc(C)cc4Br)sc3n2)cc1. The maximum absolute atomic E-state index is 13.3. The smallest absolute Gasteiger partial charge is 0.267 e. The predicted octanol–water partition coefficient (Wildman–Crippen LogP) is 7.84. The molecule has 0 aliphatic rings. The third-order valence-corrected chi connectivity index (χ3v) is 7.46. The van der Waals surface area contributed by atoms with Gasteiger partial charge in [0.1, 0.15) is 9.71 Å². The average Bonchev–Trinajstić information content (AvgIpc) is 3.18. The standard InChI is InChI=1S/C28H22BrN3OS/c1-16-8-11-19(12-9-16)23-15-20(18-6-4-3-5-7-18)24-25(30)26(34-28(24)32-23)27(33)31-22-13-10-17(2)14-21(22)29/h3-15H,30H2,1-2H3,(H,31,33). The second kappa shape index (κ2) is 9.05. The number of thiophene rings is 1. The molecular weight excluding hydrogens is 506 g/mol. The summed E-state index contributed by atoms with van der Waals surface area (Å²) >= 11 is 4.85. The second-order valence-corrected chi connectivity index (χ2v) is 10.1. The van der Waals surface area contributed by atoms with Crippen molar-refractivity contribution in [2.24, 2.45) is 0 Å². The van der Waals surface area contributed by atoms with Gasteiger partial charge in [0.15, 0.2) is 0 Å². The van der Waals surface area contributed by atoms with Crippen molar-refractivity contribution in [1.29, 1.82) is 0 Å². The van der Waals surface area contributed by atoms with Crippen LogP contribution in [0.2, 0.25) is 0 Å². The van der Waals surface area contributed by atoms with E-state index in [1.807, 2.05) is 55.5 Å². The van der Waals surface area contributed by atoms with Crippen molar-refractivity contribution in [3.8, 4) is 22.4 Å². The molecule has 0 unspecified atom stereocenters. The normalized spacial score (nSPS) is 11.0. The van der Waals surface area contributed by atoms with Crippen LogP contribution in [0, 0.1) is 13.8 Å². The number of benzene rings is 3. The molecule has 5 rings (SSSR count). The first kappa shape index (κ1) is 22.3. The van der Waals surface area contributed by atoms with E-state index in [0.717, 1.165) is 42.6 Å². The summed E-state index contributed by atoms with van der Waals surface area (Å²) in [5.41, 5.74) is 13.9. The van der Waals surface area contributed by atoms with E-state index in [0.29, 0.717) is 16.3 Å². The molecule has 0 spiro atoms. The molecular formula is C28H22BrN3OS. The van der Waals surface area contributed by atoms with Crippen LogP contribution in [0.5, 0.6) is 0 Å². The maximum Gasteiger partial charge on any atom is 0.267 e. The van der Waals surface area contributed by atoms with Gasteiger partial charge in [-0.2, -0.15) is 0 Å². The molecule has 3 aromatic carbocycles. The molecule has 0 fully saturated rings. The van der Waals surface area contributed by atoms with Crippen molar-refractivity contribution in [3.63, 3.8) is 0 Å². The van der Waals surface area contributed by atoms with Crippen LogP contribution in [-0.4, -0.2) is 10.9 Å². The van der Waals surface area contributed by atoms with Gasteiger partial charge in [0.25, 0.3) is 5.91 Å². The second-order valence-electron chi connectivity index (χ2n) is 8.25. The quantitative estimate of drug-likeness (QED) is 0.250. The number of rotatable bonds is 4. The lowest BCUT2D eigenvalue weighted by Gasteiger charge is -2.09. The molecule has 1 amide bonds. The molecule has 4 nitrogen and oxygen atoms in total. The minimum Gasteiger partial charge on any atom is -0.397 e. The van der Waals surface area contributed by atoms with Crippen LogP contribution in [-0.2, 0) is 0 Å². The van der Waals surface area contributed by atoms with Crippen LogP contribution in [0.1, 0.15) is 20.8 Å². The predicted molar refractivity (Wildman–Crippen MR) is 146 cm³/mol. The lowest BCUT2D eigenvalue weighted by atomic mass is 9.99. The number of anilines is 2.